The highest BCUT2D eigenvalue weighted by Crippen LogP contribution is 2.40. The lowest BCUT2D eigenvalue weighted by Crippen LogP contribution is -2.31. The quantitative estimate of drug-likeness (QED) is 0.456. The highest BCUT2D eigenvalue weighted by molar-refractivity contribution is 6.11. The molecule has 3 aromatic carbocycles. The minimum atomic E-state index is -0.239. The second kappa shape index (κ2) is 9.21. The summed E-state index contributed by atoms with van der Waals surface area (Å²) >= 11 is 0. The second-order valence-electron chi connectivity index (χ2n) is 8.64. The van der Waals surface area contributed by atoms with E-state index in [-0.39, 0.29) is 23.8 Å². The van der Waals surface area contributed by atoms with Crippen molar-refractivity contribution >= 4 is 17.6 Å². The third-order valence-electron chi connectivity index (χ3n) is 6.38. The molecule has 3 aromatic rings. The van der Waals surface area contributed by atoms with Crippen molar-refractivity contribution in [2.45, 2.75) is 32.2 Å². The van der Waals surface area contributed by atoms with Crippen molar-refractivity contribution in [1.29, 1.82) is 0 Å². The van der Waals surface area contributed by atoms with Gasteiger partial charge in [0.15, 0.2) is 0 Å². The summed E-state index contributed by atoms with van der Waals surface area (Å²) < 4.78 is 17.1. The van der Waals surface area contributed by atoms with Crippen LogP contribution in [-0.4, -0.2) is 31.7 Å². The van der Waals surface area contributed by atoms with E-state index in [1.54, 1.807) is 6.92 Å². The molecule has 2 heterocycles. The number of carbonyl (C=O) groups excluding carboxylic acids is 2. The van der Waals surface area contributed by atoms with Gasteiger partial charge in [0.05, 0.1) is 25.7 Å². The number of benzene rings is 3. The first-order valence-electron chi connectivity index (χ1n) is 11.6. The summed E-state index contributed by atoms with van der Waals surface area (Å²) in [4.78, 5) is 26.9. The lowest BCUT2D eigenvalue weighted by atomic mass is 9.98. The fourth-order valence-corrected chi connectivity index (χ4v) is 4.67. The van der Waals surface area contributed by atoms with Gasteiger partial charge in [0.1, 0.15) is 18.1 Å². The number of ether oxygens (including phenoxy) is 3. The lowest BCUT2D eigenvalue weighted by molar-refractivity contribution is -0.143. The molecule has 5 rings (SSSR count). The number of rotatable bonds is 7. The van der Waals surface area contributed by atoms with Crippen LogP contribution in [0.2, 0.25) is 0 Å². The second-order valence-corrected chi connectivity index (χ2v) is 8.64. The summed E-state index contributed by atoms with van der Waals surface area (Å²) in [6, 6.07) is 21.1. The lowest BCUT2D eigenvalue weighted by Gasteiger charge is -2.26. The molecule has 1 amide bonds. The number of esters is 1. The van der Waals surface area contributed by atoms with Gasteiger partial charge in [0.25, 0.3) is 5.91 Å². The Labute approximate surface area is 199 Å². The van der Waals surface area contributed by atoms with Gasteiger partial charge in [0.2, 0.25) is 0 Å². The average molecular weight is 458 g/mol. The molecule has 0 N–H and O–H groups in total. The van der Waals surface area contributed by atoms with E-state index in [9.17, 15) is 9.59 Å². The Morgan fingerprint density at radius 3 is 2.65 bits per heavy atom. The standard InChI is InChI=1S/C28H27NO5/c1-3-32-27(30)14-19-16-34-26-15-21(12-13-22(19)26)33-17-25-23-6-4-5-7-24(23)28(31)29(25)20-10-8-18(2)9-11-20/h4-13,15,19,25H,3,14,16-17H2,1-2H3. The zero-order valence-corrected chi connectivity index (χ0v) is 19.3. The maximum absolute atomic E-state index is 13.2. The fourth-order valence-electron chi connectivity index (χ4n) is 4.67. The number of amides is 1. The van der Waals surface area contributed by atoms with Crippen LogP contribution in [0.3, 0.4) is 0 Å². The summed E-state index contributed by atoms with van der Waals surface area (Å²) in [6.07, 6.45) is 0.299. The third kappa shape index (κ3) is 4.12. The average Bonchev–Trinajstić information content (AvgIpc) is 3.36. The van der Waals surface area contributed by atoms with Crippen LogP contribution in [0, 0.1) is 6.92 Å². The smallest absolute Gasteiger partial charge is 0.306 e. The van der Waals surface area contributed by atoms with Gasteiger partial charge >= 0.3 is 5.97 Å². The first kappa shape index (κ1) is 22.0. The molecular weight excluding hydrogens is 430 g/mol. The van der Waals surface area contributed by atoms with Crippen molar-refractivity contribution < 1.29 is 23.8 Å². The van der Waals surface area contributed by atoms with Crippen molar-refractivity contribution in [3.8, 4) is 11.5 Å². The molecular formula is C28H27NO5. The minimum Gasteiger partial charge on any atom is -0.492 e. The summed E-state index contributed by atoms with van der Waals surface area (Å²) in [5.41, 5.74) is 4.64. The minimum absolute atomic E-state index is 0.0144. The Balaban J connectivity index is 1.35. The van der Waals surface area contributed by atoms with Gasteiger partial charge in [-0.2, -0.15) is 0 Å². The summed E-state index contributed by atoms with van der Waals surface area (Å²) in [5, 5.41) is 0. The van der Waals surface area contributed by atoms with E-state index in [2.05, 4.69) is 0 Å². The zero-order chi connectivity index (χ0) is 23.7. The summed E-state index contributed by atoms with van der Waals surface area (Å²) in [6.45, 7) is 4.96. The topological polar surface area (TPSA) is 65.1 Å². The van der Waals surface area contributed by atoms with Crippen LogP contribution in [0.15, 0.2) is 66.7 Å². The number of hydrogen-bond donors (Lipinski definition) is 0. The maximum Gasteiger partial charge on any atom is 0.306 e. The van der Waals surface area contributed by atoms with Gasteiger partial charge in [-0.05, 0) is 43.7 Å². The van der Waals surface area contributed by atoms with Gasteiger partial charge < -0.3 is 14.2 Å². The summed E-state index contributed by atoms with van der Waals surface area (Å²) in [7, 11) is 0. The van der Waals surface area contributed by atoms with Gasteiger partial charge in [0, 0.05) is 28.8 Å². The van der Waals surface area contributed by atoms with E-state index < -0.39 is 0 Å². The van der Waals surface area contributed by atoms with E-state index >= 15 is 0 Å². The van der Waals surface area contributed by atoms with E-state index in [1.165, 1.54) is 0 Å². The fraction of sp³-hybridized carbons (Fsp3) is 0.286. The van der Waals surface area contributed by atoms with Gasteiger partial charge in [-0.1, -0.05) is 42.0 Å². The van der Waals surface area contributed by atoms with Gasteiger partial charge in [-0.3, -0.25) is 14.5 Å². The molecule has 2 unspecified atom stereocenters. The molecule has 6 nitrogen and oxygen atoms in total. The number of carbonyl (C=O) groups is 2. The molecule has 2 atom stereocenters. The van der Waals surface area contributed by atoms with E-state index in [0.717, 1.165) is 28.1 Å². The highest BCUT2D eigenvalue weighted by Gasteiger charge is 2.38. The number of fused-ring (bicyclic) bond motifs is 2. The molecule has 174 valence electrons. The van der Waals surface area contributed by atoms with Crippen LogP contribution in [0.25, 0.3) is 0 Å². The summed E-state index contributed by atoms with van der Waals surface area (Å²) in [5.74, 6) is 1.14. The van der Waals surface area contributed by atoms with Crippen LogP contribution in [0.1, 0.15) is 52.4 Å². The Kier molecular flexibility index (Phi) is 5.97. The zero-order valence-electron chi connectivity index (χ0n) is 19.3. The number of aryl methyl sites for hydroxylation is 1. The Hall–Kier alpha value is -3.80. The highest BCUT2D eigenvalue weighted by atomic mass is 16.5. The third-order valence-corrected chi connectivity index (χ3v) is 6.38. The molecule has 2 aliphatic rings. The molecule has 0 saturated heterocycles. The Morgan fingerprint density at radius 1 is 1.06 bits per heavy atom. The van der Waals surface area contributed by atoms with Crippen LogP contribution in [-0.2, 0) is 9.53 Å². The van der Waals surface area contributed by atoms with Crippen LogP contribution in [0.5, 0.6) is 11.5 Å². The molecule has 0 aliphatic carbocycles. The molecule has 0 spiro atoms. The molecule has 6 heteroatoms. The predicted octanol–water partition coefficient (Wildman–Crippen LogP) is 5.20. The SMILES string of the molecule is CCOC(=O)CC1COc2cc(OCC3c4ccccc4C(=O)N3c3ccc(C)cc3)ccc21. The van der Waals surface area contributed by atoms with E-state index in [0.29, 0.717) is 37.6 Å². The van der Waals surface area contributed by atoms with Crippen molar-refractivity contribution in [1.82, 2.24) is 0 Å². The van der Waals surface area contributed by atoms with Crippen LogP contribution < -0.4 is 14.4 Å². The molecule has 0 aromatic heterocycles. The molecule has 0 bridgehead atoms. The first-order chi connectivity index (χ1) is 16.5. The largest absolute Gasteiger partial charge is 0.492 e. The van der Waals surface area contributed by atoms with Gasteiger partial charge in [-0.15, -0.1) is 0 Å². The first-order valence-corrected chi connectivity index (χ1v) is 11.6. The predicted molar refractivity (Wildman–Crippen MR) is 129 cm³/mol. The van der Waals surface area contributed by atoms with Crippen LogP contribution >= 0.6 is 0 Å². The number of anilines is 1. The molecule has 0 saturated carbocycles. The molecule has 0 fully saturated rings. The van der Waals surface area contributed by atoms with Crippen molar-refractivity contribution in [2.24, 2.45) is 0 Å². The Bertz CT molecular complexity index is 1220. The van der Waals surface area contributed by atoms with Crippen LogP contribution in [0.4, 0.5) is 5.69 Å². The Morgan fingerprint density at radius 2 is 1.85 bits per heavy atom. The molecule has 0 radical (unpaired) electrons. The van der Waals surface area contributed by atoms with E-state index in [1.807, 2.05) is 78.6 Å². The monoisotopic (exact) mass is 457 g/mol. The number of hydrogen-bond acceptors (Lipinski definition) is 5. The van der Waals surface area contributed by atoms with Crippen molar-refractivity contribution in [3.05, 3.63) is 89.0 Å². The van der Waals surface area contributed by atoms with Gasteiger partial charge in [-0.25, -0.2) is 0 Å². The van der Waals surface area contributed by atoms with Crippen molar-refractivity contribution in [3.63, 3.8) is 0 Å². The maximum atomic E-state index is 13.2. The molecule has 2 aliphatic heterocycles. The van der Waals surface area contributed by atoms with E-state index in [4.69, 9.17) is 14.2 Å². The molecule has 34 heavy (non-hydrogen) atoms. The van der Waals surface area contributed by atoms with Crippen molar-refractivity contribution in [2.75, 3.05) is 24.7 Å². The number of nitrogens with zero attached hydrogens (tertiary/aromatic N) is 1. The normalized spacial score (nSPS) is 18.3.